The number of hydrogen-bond acceptors (Lipinski definition) is 7. The monoisotopic (exact) mass is 445 g/mol. The van der Waals surface area contributed by atoms with Gasteiger partial charge in [0.25, 0.3) is 11.5 Å². The molecule has 1 amide bonds. The van der Waals surface area contributed by atoms with E-state index >= 15 is 0 Å². The van der Waals surface area contributed by atoms with Crippen LogP contribution in [0.4, 0.5) is 4.53 Å². The lowest BCUT2D eigenvalue weighted by atomic mass is 10.1. The molecular weight excluding hydrogens is 425 g/mol. The number of aliphatic hydroxyl groups excluding tert-OH is 2. The molecule has 4 atom stereocenters. The second kappa shape index (κ2) is 9.01. The molecule has 3 aromatic rings. The number of aromatic nitrogens is 2. The molecule has 168 valence electrons. The highest BCUT2D eigenvalue weighted by Gasteiger charge is 2.47. The summed E-state index contributed by atoms with van der Waals surface area (Å²) in [6, 6.07) is 13.3. The van der Waals surface area contributed by atoms with Crippen molar-refractivity contribution in [2.45, 2.75) is 31.1 Å². The van der Waals surface area contributed by atoms with Gasteiger partial charge in [0.05, 0.1) is 6.61 Å². The first-order valence-corrected chi connectivity index (χ1v) is 9.76. The maximum Gasteiger partial charge on any atom is 0.330 e. The largest absolute Gasteiger partial charge is 0.394 e. The van der Waals surface area contributed by atoms with E-state index in [1.807, 2.05) is 47.4 Å². The van der Waals surface area contributed by atoms with Crippen LogP contribution in [0.1, 0.15) is 22.1 Å². The normalized spacial score (nSPS) is 22.8. The average Bonchev–Trinajstić information content (AvgIpc) is 3.12. The lowest BCUT2D eigenvalue weighted by Crippen LogP contribution is -2.41. The molecule has 10 nitrogen and oxygen atoms in total. The number of amides is 1. The van der Waals surface area contributed by atoms with Gasteiger partial charge in [0, 0.05) is 12.7 Å². The van der Waals surface area contributed by atoms with Crippen molar-refractivity contribution < 1.29 is 29.2 Å². The Kier molecular flexibility index (Phi) is 6.15. The summed E-state index contributed by atoms with van der Waals surface area (Å²) < 4.78 is 19.0. The zero-order chi connectivity index (χ0) is 22.8. The molecule has 0 spiro atoms. The first-order chi connectivity index (χ1) is 15.4. The van der Waals surface area contributed by atoms with Gasteiger partial charge in [-0.3, -0.25) is 19.1 Å². The number of rotatable bonds is 6. The van der Waals surface area contributed by atoms with Gasteiger partial charge in [0.2, 0.25) is 0 Å². The average molecular weight is 445 g/mol. The van der Waals surface area contributed by atoms with Gasteiger partial charge in [-0.05, 0) is 26.9 Å². The van der Waals surface area contributed by atoms with E-state index in [4.69, 9.17) is 4.74 Å². The van der Waals surface area contributed by atoms with Crippen molar-refractivity contribution in [3.8, 4) is 0 Å². The van der Waals surface area contributed by atoms with Gasteiger partial charge in [-0.15, -0.1) is 0 Å². The molecule has 0 aliphatic carbocycles. The Morgan fingerprint density at radius 1 is 1.22 bits per heavy atom. The smallest absolute Gasteiger partial charge is 0.330 e. The van der Waals surface area contributed by atoms with Crippen LogP contribution >= 0.6 is 0 Å². The van der Waals surface area contributed by atoms with E-state index in [1.165, 1.54) is 0 Å². The van der Waals surface area contributed by atoms with Crippen LogP contribution < -0.4 is 16.6 Å². The maximum atomic E-state index is 13.0. The molecule has 0 radical (unpaired) electrons. The molecule has 1 aliphatic rings. The molecule has 0 bridgehead atoms. The second-order valence-corrected chi connectivity index (χ2v) is 7.37. The van der Waals surface area contributed by atoms with Crippen LogP contribution in [-0.2, 0) is 16.2 Å². The number of nitrogens with zero attached hydrogens (tertiary/aromatic N) is 1. The highest BCUT2D eigenvalue weighted by molar-refractivity contribution is 5.93. The predicted octanol–water partition coefficient (Wildman–Crippen LogP) is 0.140. The van der Waals surface area contributed by atoms with Crippen LogP contribution in [0.5, 0.6) is 0 Å². The third-order valence-electron chi connectivity index (χ3n) is 5.35. The minimum Gasteiger partial charge on any atom is -0.394 e. The molecule has 1 aliphatic heterocycles. The van der Waals surface area contributed by atoms with Crippen molar-refractivity contribution >= 4 is 16.7 Å². The third-order valence-corrected chi connectivity index (χ3v) is 5.35. The van der Waals surface area contributed by atoms with E-state index in [-0.39, 0.29) is 6.54 Å². The number of aliphatic hydroxyl groups is 2. The molecule has 2 heterocycles. The van der Waals surface area contributed by atoms with Gasteiger partial charge < -0.3 is 20.3 Å². The predicted molar refractivity (Wildman–Crippen MR) is 109 cm³/mol. The molecule has 4 rings (SSSR count). The Hall–Kier alpha value is -3.38. The fraction of sp³-hybridized carbons (Fsp3) is 0.286. The minimum absolute atomic E-state index is 0.115. The van der Waals surface area contributed by atoms with Gasteiger partial charge in [-0.1, -0.05) is 36.4 Å². The Morgan fingerprint density at radius 3 is 2.69 bits per heavy atom. The fourth-order valence-corrected chi connectivity index (χ4v) is 3.65. The van der Waals surface area contributed by atoms with Crippen LogP contribution in [0.25, 0.3) is 10.8 Å². The standard InChI is InChI=1S/C21H20FN3O7/c22-32-17-16(27)15(10-26)31-20(17)25-9-14(19(29)24-21(25)30)18(28)23-8-11-5-6-12-3-1-2-4-13(12)7-11/h1-7,9,15-17,20,26-27H,8,10H2,(H,23,28)(H,24,29,30)/t15-,16+,17-,20-/m1/s1. The number of fused-ring (bicyclic) bond motifs is 1. The molecule has 0 saturated carbocycles. The summed E-state index contributed by atoms with van der Waals surface area (Å²) in [6.07, 6.45) is -5.04. The van der Waals surface area contributed by atoms with Crippen molar-refractivity contribution in [2.24, 2.45) is 0 Å². The van der Waals surface area contributed by atoms with Gasteiger partial charge in [0.15, 0.2) is 12.3 Å². The number of ether oxygens (including phenoxy) is 1. The Morgan fingerprint density at radius 2 is 1.97 bits per heavy atom. The van der Waals surface area contributed by atoms with Gasteiger partial charge in [-0.2, -0.15) is 4.94 Å². The molecule has 32 heavy (non-hydrogen) atoms. The SMILES string of the molecule is O=C(NCc1ccc2ccccc2c1)c1cn([C@@H]2O[C@H](CO)[C@H](O)[C@H]2OF)c(=O)[nH]c1=O. The van der Waals surface area contributed by atoms with E-state index in [1.54, 1.807) is 0 Å². The summed E-state index contributed by atoms with van der Waals surface area (Å²) >= 11 is 0. The lowest BCUT2D eigenvalue weighted by Gasteiger charge is -2.18. The number of carbonyl (C=O) groups is 1. The summed E-state index contributed by atoms with van der Waals surface area (Å²) in [5, 5.41) is 23.8. The summed E-state index contributed by atoms with van der Waals surface area (Å²) in [6.45, 7) is -0.543. The molecule has 2 aromatic carbocycles. The van der Waals surface area contributed by atoms with Crippen LogP contribution in [-0.4, -0.2) is 50.6 Å². The minimum atomic E-state index is -1.65. The summed E-state index contributed by atoms with van der Waals surface area (Å²) in [7, 11) is 0. The van der Waals surface area contributed by atoms with Crippen molar-refractivity contribution in [2.75, 3.05) is 6.61 Å². The number of benzene rings is 2. The molecule has 1 fully saturated rings. The quantitative estimate of drug-likeness (QED) is 0.423. The van der Waals surface area contributed by atoms with E-state index in [9.17, 15) is 29.1 Å². The van der Waals surface area contributed by atoms with E-state index in [0.717, 1.165) is 27.1 Å². The lowest BCUT2D eigenvalue weighted by molar-refractivity contribution is -0.221. The van der Waals surface area contributed by atoms with E-state index < -0.39 is 53.9 Å². The molecule has 0 unspecified atom stereocenters. The van der Waals surface area contributed by atoms with Crippen molar-refractivity contribution in [3.05, 3.63) is 80.6 Å². The molecular formula is C21H20FN3O7. The van der Waals surface area contributed by atoms with Crippen molar-refractivity contribution in [1.82, 2.24) is 14.9 Å². The Balaban J connectivity index is 1.57. The van der Waals surface area contributed by atoms with Crippen molar-refractivity contribution in [3.63, 3.8) is 0 Å². The molecule has 1 saturated heterocycles. The molecule has 11 heteroatoms. The Labute approximate surface area is 179 Å². The first-order valence-electron chi connectivity index (χ1n) is 9.76. The van der Waals surface area contributed by atoms with Gasteiger partial charge in [0.1, 0.15) is 17.8 Å². The zero-order valence-electron chi connectivity index (χ0n) is 16.6. The number of carbonyl (C=O) groups excluding carboxylic acids is 1. The van der Waals surface area contributed by atoms with Crippen LogP contribution in [0.3, 0.4) is 0 Å². The second-order valence-electron chi connectivity index (χ2n) is 7.37. The van der Waals surface area contributed by atoms with Crippen LogP contribution in [0.15, 0.2) is 58.3 Å². The van der Waals surface area contributed by atoms with Gasteiger partial charge in [-0.25, -0.2) is 4.79 Å². The van der Waals surface area contributed by atoms with Gasteiger partial charge >= 0.3 is 5.69 Å². The topological polar surface area (TPSA) is 143 Å². The number of nitrogens with one attached hydrogen (secondary N) is 2. The third kappa shape index (κ3) is 4.06. The van der Waals surface area contributed by atoms with Crippen LogP contribution in [0, 0.1) is 0 Å². The highest BCUT2D eigenvalue weighted by Crippen LogP contribution is 2.30. The fourth-order valence-electron chi connectivity index (χ4n) is 3.65. The zero-order valence-corrected chi connectivity index (χ0v) is 16.6. The maximum absolute atomic E-state index is 13.0. The number of hydrogen-bond donors (Lipinski definition) is 4. The molecule has 1 aromatic heterocycles. The first kappa shape index (κ1) is 21.8. The van der Waals surface area contributed by atoms with Crippen LogP contribution in [0.2, 0.25) is 0 Å². The number of H-pyrrole nitrogens is 1. The number of aromatic amines is 1. The van der Waals surface area contributed by atoms with E-state index in [0.29, 0.717) is 0 Å². The molecule has 4 N–H and O–H groups in total. The summed E-state index contributed by atoms with van der Waals surface area (Å²) in [4.78, 5) is 42.8. The summed E-state index contributed by atoms with van der Waals surface area (Å²) in [5.74, 6) is -0.775. The van der Waals surface area contributed by atoms with Crippen molar-refractivity contribution in [1.29, 1.82) is 0 Å². The number of halogens is 1. The van der Waals surface area contributed by atoms with E-state index in [2.05, 4.69) is 10.3 Å². The Bertz CT molecular complexity index is 1260. The highest BCUT2D eigenvalue weighted by atomic mass is 19.3. The summed E-state index contributed by atoms with van der Waals surface area (Å²) in [5.41, 5.74) is -1.58.